The van der Waals surface area contributed by atoms with Crippen LogP contribution in [0.5, 0.6) is 23.0 Å². The van der Waals surface area contributed by atoms with Gasteiger partial charge in [0, 0.05) is 26.7 Å². The molecule has 1 aromatic heterocycles. The molecule has 0 saturated heterocycles. The minimum absolute atomic E-state index is 0.0431. The van der Waals surface area contributed by atoms with Gasteiger partial charge in [-0.1, -0.05) is 59.6 Å². The smallest absolute Gasteiger partial charge is 0.355 e. The highest BCUT2D eigenvalue weighted by Gasteiger charge is 2.32. The lowest BCUT2D eigenvalue weighted by Crippen LogP contribution is -2.21. The van der Waals surface area contributed by atoms with Gasteiger partial charge >= 0.3 is 5.97 Å². The number of methoxy groups -OCH3 is 1. The van der Waals surface area contributed by atoms with Crippen LogP contribution in [-0.4, -0.2) is 13.1 Å². The summed E-state index contributed by atoms with van der Waals surface area (Å²) < 4.78 is 24.1. The molecule has 0 fully saturated rings. The number of carbonyl (C=O) groups is 1. The Morgan fingerprint density at radius 3 is 2.57 bits per heavy atom. The zero-order valence-corrected chi connectivity index (χ0v) is 25.8. The van der Waals surface area contributed by atoms with E-state index in [-0.39, 0.29) is 17.2 Å². The zero-order chi connectivity index (χ0) is 31.0. The summed E-state index contributed by atoms with van der Waals surface area (Å²) >= 11 is 13.8. The summed E-state index contributed by atoms with van der Waals surface area (Å²) in [6.07, 6.45) is 0. The predicted octanol–water partition coefficient (Wildman–Crippen LogP) is 8.54. The number of thiophene rings is 1. The third-order valence-electron chi connectivity index (χ3n) is 7.20. The van der Waals surface area contributed by atoms with E-state index in [2.05, 4.69) is 6.07 Å². The van der Waals surface area contributed by atoms with Crippen molar-refractivity contribution in [2.24, 2.45) is 5.73 Å². The summed E-state index contributed by atoms with van der Waals surface area (Å²) in [5, 5.41) is 11.8. The van der Waals surface area contributed by atoms with Gasteiger partial charge in [-0.2, -0.15) is 5.26 Å². The summed E-state index contributed by atoms with van der Waals surface area (Å²) in [6, 6.07) is 25.8. The molecule has 0 spiro atoms. The van der Waals surface area contributed by atoms with Crippen LogP contribution in [0.4, 0.5) is 0 Å². The summed E-state index contributed by atoms with van der Waals surface area (Å²) in [4.78, 5) is 13.4. The van der Waals surface area contributed by atoms with Crippen molar-refractivity contribution < 1.29 is 23.7 Å². The summed E-state index contributed by atoms with van der Waals surface area (Å²) in [5.74, 6) is 0.436. The number of halogens is 2. The minimum Gasteiger partial charge on any atom is -0.493 e. The summed E-state index contributed by atoms with van der Waals surface area (Å²) in [5.41, 5.74) is 9.88. The van der Waals surface area contributed by atoms with Crippen LogP contribution in [0.2, 0.25) is 10.0 Å². The number of fused-ring (bicyclic) bond motifs is 2. The molecule has 4 aromatic carbocycles. The number of nitrogens with zero attached hydrogens (tertiary/aromatic N) is 1. The van der Waals surface area contributed by atoms with Crippen LogP contribution in [0, 0.1) is 18.3 Å². The van der Waals surface area contributed by atoms with Crippen LogP contribution in [-0.2, 0) is 6.61 Å². The fraction of sp³-hybridized carbons (Fsp3) is 0.118. The van der Waals surface area contributed by atoms with Gasteiger partial charge in [0.2, 0.25) is 5.88 Å². The van der Waals surface area contributed by atoms with Crippen LogP contribution in [0.1, 0.15) is 37.8 Å². The van der Waals surface area contributed by atoms with Crippen molar-refractivity contribution in [2.45, 2.75) is 19.4 Å². The number of allylic oxidation sites excluding steroid dienone is 1. The molecule has 6 rings (SSSR count). The van der Waals surface area contributed by atoms with E-state index in [9.17, 15) is 10.1 Å². The molecule has 1 aliphatic rings. The van der Waals surface area contributed by atoms with Crippen LogP contribution in [0.3, 0.4) is 0 Å². The Kier molecular flexibility index (Phi) is 8.11. The van der Waals surface area contributed by atoms with E-state index < -0.39 is 11.9 Å². The number of ether oxygens (including phenoxy) is 4. The van der Waals surface area contributed by atoms with Gasteiger partial charge in [-0.3, -0.25) is 0 Å². The van der Waals surface area contributed by atoms with Crippen LogP contribution >= 0.6 is 34.5 Å². The van der Waals surface area contributed by atoms with E-state index in [1.807, 2.05) is 43.3 Å². The molecule has 44 heavy (non-hydrogen) atoms. The van der Waals surface area contributed by atoms with Crippen molar-refractivity contribution in [3.63, 3.8) is 0 Å². The Morgan fingerprint density at radius 1 is 1.02 bits per heavy atom. The predicted molar refractivity (Wildman–Crippen MR) is 171 cm³/mol. The Balaban J connectivity index is 1.28. The van der Waals surface area contributed by atoms with E-state index in [0.29, 0.717) is 44.3 Å². The first-order valence-corrected chi connectivity index (χ1v) is 15.0. The average Bonchev–Trinajstić information content (AvgIpc) is 3.35. The fourth-order valence-electron chi connectivity index (χ4n) is 5.02. The van der Waals surface area contributed by atoms with E-state index in [4.69, 9.17) is 47.9 Å². The third kappa shape index (κ3) is 5.65. The van der Waals surface area contributed by atoms with E-state index >= 15 is 0 Å². The average molecular weight is 644 g/mol. The number of carbonyl (C=O) groups excluding carboxylic acids is 1. The van der Waals surface area contributed by atoms with Gasteiger partial charge in [-0.25, -0.2) is 4.79 Å². The fourth-order valence-corrected chi connectivity index (χ4v) is 6.63. The van der Waals surface area contributed by atoms with Crippen LogP contribution in [0.15, 0.2) is 90.3 Å². The number of nitriles is 1. The Hall–Kier alpha value is -4.68. The molecule has 0 amide bonds. The molecule has 0 saturated carbocycles. The van der Waals surface area contributed by atoms with E-state index in [1.165, 1.54) is 11.3 Å². The van der Waals surface area contributed by atoms with Gasteiger partial charge in [0.1, 0.15) is 34.6 Å². The molecular weight excluding hydrogens is 619 g/mol. The Labute approximate surface area is 267 Å². The maximum Gasteiger partial charge on any atom is 0.355 e. The molecule has 0 bridgehead atoms. The first kappa shape index (κ1) is 29.4. The highest BCUT2D eigenvalue weighted by atomic mass is 35.5. The van der Waals surface area contributed by atoms with E-state index in [1.54, 1.807) is 49.6 Å². The van der Waals surface area contributed by atoms with Gasteiger partial charge < -0.3 is 24.7 Å². The molecule has 1 aliphatic heterocycles. The molecule has 0 radical (unpaired) electrons. The number of hydrogen-bond donors (Lipinski definition) is 1. The maximum absolute atomic E-state index is 13.1. The standard InChI is InChI=1S/C34H24Cl2N2O5S/c1-18-3-10-24-29(13-18)44-32(31(24)36)34(39)42-22-9-11-23-27(15-22)43-33(38)25(16-37)30(23)20-6-12-26(28(14-20)40-2)41-17-19-4-7-21(35)8-5-19/h3-15,30H,17,38H2,1-2H3. The molecular formula is C34H24Cl2N2O5S. The van der Waals surface area contributed by atoms with Crippen LogP contribution < -0.4 is 24.7 Å². The van der Waals surface area contributed by atoms with Crippen molar-refractivity contribution in [1.82, 2.24) is 0 Å². The van der Waals surface area contributed by atoms with Gasteiger partial charge in [0.05, 0.1) is 18.1 Å². The van der Waals surface area contributed by atoms with Crippen molar-refractivity contribution in [1.29, 1.82) is 5.26 Å². The minimum atomic E-state index is -0.582. The monoisotopic (exact) mass is 642 g/mol. The lowest BCUT2D eigenvalue weighted by atomic mass is 9.83. The molecule has 5 aromatic rings. The second-order valence-corrected chi connectivity index (χ2v) is 12.0. The zero-order valence-electron chi connectivity index (χ0n) is 23.5. The lowest BCUT2D eigenvalue weighted by molar-refractivity contribution is 0.0740. The number of benzene rings is 4. The number of nitrogens with two attached hydrogens (primary N) is 1. The molecule has 2 heterocycles. The Bertz CT molecular complexity index is 2000. The number of rotatable bonds is 7. The number of esters is 1. The molecule has 0 aliphatic carbocycles. The second-order valence-electron chi connectivity index (χ2n) is 10.1. The Morgan fingerprint density at radius 2 is 1.82 bits per heavy atom. The van der Waals surface area contributed by atoms with E-state index in [0.717, 1.165) is 26.8 Å². The third-order valence-corrected chi connectivity index (χ3v) is 9.09. The molecule has 220 valence electrons. The van der Waals surface area contributed by atoms with Crippen LogP contribution in [0.25, 0.3) is 10.1 Å². The normalized spacial score (nSPS) is 14.0. The lowest BCUT2D eigenvalue weighted by Gasteiger charge is -2.27. The van der Waals surface area contributed by atoms with Crippen molar-refractivity contribution in [3.8, 4) is 29.1 Å². The summed E-state index contributed by atoms with van der Waals surface area (Å²) in [6.45, 7) is 2.29. The van der Waals surface area contributed by atoms with Crippen molar-refractivity contribution in [2.75, 3.05) is 7.11 Å². The molecule has 10 heteroatoms. The topological polar surface area (TPSA) is 104 Å². The quantitative estimate of drug-likeness (QED) is 0.140. The number of aryl methyl sites for hydroxylation is 1. The highest BCUT2D eigenvalue weighted by Crippen LogP contribution is 2.45. The summed E-state index contributed by atoms with van der Waals surface area (Å²) in [7, 11) is 1.55. The van der Waals surface area contributed by atoms with Gasteiger partial charge in [0.25, 0.3) is 0 Å². The van der Waals surface area contributed by atoms with Gasteiger partial charge in [0.15, 0.2) is 11.5 Å². The SMILES string of the molecule is COc1cc(C2C(C#N)=C(N)Oc3cc(OC(=O)c4sc5cc(C)ccc5c4Cl)ccc32)ccc1OCc1ccc(Cl)cc1. The molecule has 1 unspecified atom stereocenters. The molecule has 7 nitrogen and oxygen atoms in total. The second kappa shape index (κ2) is 12.1. The van der Waals surface area contributed by atoms with Gasteiger partial charge in [-0.05, 0) is 60.0 Å². The highest BCUT2D eigenvalue weighted by molar-refractivity contribution is 7.21. The van der Waals surface area contributed by atoms with Crippen molar-refractivity contribution in [3.05, 3.63) is 127 Å². The first-order chi connectivity index (χ1) is 21.2. The molecule has 2 N–H and O–H groups in total. The largest absolute Gasteiger partial charge is 0.493 e. The first-order valence-electron chi connectivity index (χ1n) is 13.4. The number of hydrogen-bond acceptors (Lipinski definition) is 8. The van der Waals surface area contributed by atoms with Gasteiger partial charge in [-0.15, -0.1) is 11.3 Å². The molecule has 1 atom stereocenters. The maximum atomic E-state index is 13.1. The van der Waals surface area contributed by atoms with Crippen molar-refractivity contribution >= 4 is 50.6 Å².